The molecule has 4 aromatic rings. The van der Waals surface area contributed by atoms with E-state index in [0.29, 0.717) is 16.9 Å². The van der Waals surface area contributed by atoms with Gasteiger partial charge in [0, 0.05) is 17.2 Å². The molecule has 0 fully saturated rings. The van der Waals surface area contributed by atoms with Crippen molar-refractivity contribution in [1.29, 1.82) is 0 Å². The number of nitrogens with two attached hydrogens (primary N) is 1. The molecule has 126 valence electrons. The van der Waals surface area contributed by atoms with Gasteiger partial charge in [-0.3, -0.25) is 5.10 Å². The summed E-state index contributed by atoms with van der Waals surface area (Å²) in [5.41, 5.74) is 8.49. The number of aromatic nitrogens is 6. The van der Waals surface area contributed by atoms with Crippen molar-refractivity contribution in [3.8, 4) is 22.5 Å². The van der Waals surface area contributed by atoms with Gasteiger partial charge in [-0.05, 0) is 39.8 Å². The number of nitrogens with one attached hydrogen (secondary N) is 2. The first-order valence-electron chi connectivity index (χ1n) is 7.26. The number of hydrogen-bond donors (Lipinski definition) is 3. The van der Waals surface area contributed by atoms with E-state index in [1.54, 1.807) is 6.07 Å². The zero-order valence-electron chi connectivity index (χ0n) is 13.1. The van der Waals surface area contributed by atoms with Gasteiger partial charge in [-0.15, -0.1) is 5.10 Å². The Kier molecular flexibility index (Phi) is 3.29. The van der Waals surface area contributed by atoms with Gasteiger partial charge in [0.2, 0.25) is 0 Å². The molecule has 4 N–H and O–H groups in total. The summed E-state index contributed by atoms with van der Waals surface area (Å²) in [6.07, 6.45) is 1.15. The summed E-state index contributed by atoms with van der Waals surface area (Å²) in [5, 5.41) is 21.2. The zero-order valence-corrected chi connectivity index (χ0v) is 13.9. The molecular formula is C15H13N7O2S. The van der Waals surface area contributed by atoms with Crippen LogP contribution in [0.3, 0.4) is 0 Å². The van der Waals surface area contributed by atoms with Gasteiger partial charge in [-0.25, -0.2) is 13.5 Å². The molecule has 9 nitrogen and oxygen atoms in total. The number of nitrogens with zero attached hydrogens (tertiary/aromatic N) is 4. The van der Waals surface area contributed by atoms with Crippen molar-refractivity contribution in [3.63, 3.8) is 0 Å². The molecule has 4 rings (SSSR count). The van der Waals surface area contributed by atoms with E-state index in [1.165, 1.54) is 6.07 Å². The summed E-state index contributed by atoms with van der Waals surface area (Å²) >= 11 is 0. The first-order valence-corrected chi connectivity index (χ1v) is 9.15. The minimum atomic E-state index is -3.49. The normalized spacial score (nSPS) is 11.9. The van der Waals surface area contributed by atoms with Crippen LogP contribution in [0.15, 0.2) is 41.3 Å². The molecule has 0 bridgehead atoms. The van der Waals surface area contributed by atoms with Crippen LogP contribution in [0.2, 0.25) is 0 Å². The molecule has 0 radical (unpaired) electrons. The molecule has 0 aliphatic carbocycles. The Balaban J connectivity index is 2.05. The molecule has 0 unspecified atom stereocenters. The lowest BCUT2D eigenvalue weighted by molar-refractivity contribution is 0.602. The minimum absolute atomic E-state index is 0.142. The maximum Gasteiger partial charge on any atom is 0.181 e. The topological polar surface area (TPSA) is 143 Å². The average Bonchev–Trinajstić information content (AvgIpc) is 3.23. The van der Waals surface area contributed by atoms with Gasteiger partial charge in [-0.1, -0.05) is 18.2 Å². The Morgan fingerprint density at radius 1 is 1.12 bits per heavy atom. The predicted molar refractivity (Wildman–Crippen MR) is 92.2 cm³/mol. The lowest BCUT2D eigenvalue weighted by Crippen LogP contribution is -2.02. The second kappa shape index (κ2) is 5.38. The smallest absolute Gasteiger partial charge is 0.181 e. The molecule has 2 heterocycles. The van der Waals surface area contributed by atoms with E-state index >= 15 is 0 Å². The van der Waals surface area contributed by atoms with Crippen LogP contribution in [0, 0.1) is 0 Å². The first kappa shape index (κ1) is 15.3. The van der Waals surface area contributed by atoms with E-state index in [9.17, 15) is 8.42 Å². The lowest BCUT2D eigenvalue weighted by atomic mass is 9.98. The van der Waals surface area contributed by atoms with Gasteiger partial charge < -0.3 is 5.73 Å². The third-order valence-electron chi connectivity index (χ3n) is 3.90. The molecule has 0 aliphatic heterocycles. The predicted octanol–water partition coefficient (Wildman–Crippen LogP) is 1.40. The zero-order chi connectivity index (χ0) is 17.6. The number of aromatic amines is 2. The SMILES string of the molecule is CS(=O)(=O)c1cccc(-c2ccc3n[nH]c(N)c3c2)c1-c1nnn[nH]1. The molecule has 0 atom stereocenters. The number of rotatable bonds is 3. The Bertz CT molecular complexity index is 1180. The van der Waals surface area contributed by atoms with Gasteiger partial charge in [-0.2, -0.15) is 5.10 Å². The van der Waals surface area contributed by atoms with Gasteiger partial charge in [0.15, 0.2) is 15.7 Å². The lowest BCUT2D eigenvalue weighted by Gasteiger charge is -2.12. The summed E-state index contributed by atoms with van der Waals surface area (Å²) in [6, 6.07) is 10.5. The number of hydrogen-bond acceptors (Lipinski definition) is 7. The highest BCUT2D eigenvalue weighted by atomic mass is 32.2. The number of H-pyrrole nitrogens is 2. The van der Waals surface area contributed by atoms with Crippen LogP contribution in [0.5, 0.6) is 0 Å². The molecular weight excluding hydrogens is 342 g/mol. The van der Waals surface area contributed by atoms with Crippen LogP contribution in [-0.2, 0) is 9.84 Å². The van der Waals surface area contributed by atoms with Gasteiger partial charge in [0.25, 0.3) is 0 Å². The molecule has 0 spiro atoms. The highest BCUT2D eigenvalue weighted by Gasteiger charge is 2.21. The van der Waals surface area contributed by atoms with E-state index in [-0.39, 0.29) is 10.7 Å². The molecule has 0 saturated carbocycles. The van der Waals surface area contributed by atoms with Gasteiger partial charge in [0.1, 0.15) is 5.82 Å². The average molecular weight is 355 g/mol. The number of nitrogen functional groups attached to an aromatic ring is 1. The van der Waals surface area contributed by atoms with E-state index < -0.39 is 9.84 Å². The van der Waals surface area contributed by atoms with Gasteiger partial charge >= 0.3 is 0 Å². The van der Waals surface area contributed by atoms with Crippen molar-refractivity contribution >= 4 is 26.6 Å². The fraction of sp³-hybridized carbons (Fsp3) is 0.0667. The summed E-state index contributed by atoms with van der Waals surface area (Å²) < 4.78 is 24.5. The highest BCUT2D eigenvalue weighted by Crippen LogP contribution is 2.36. The highest BCUT2D eigenvalue weighted by molar-refractivity contribution is 7.90. The maximum absolute atomic E-state index is 12.2. The maximum atomic E-state index is 12.2. The monoisotopic (exact) mass is 355 g/mol. The van der Waals surface area contributed by atoms with Crippen LogP contribution in [-0.4, -0.2) is 45.5 Å². The Hall–Kier alpha value is -3.27. The number of fused-ring (bicyclic) bond motifs is 1. The molecule has 0 amide bonds. The van der Waals surface area contributed by atoms with Crippen molar-refractivity contribution in [2.45, 2.75) is 4.90 Å². The van der Waals surface area contributed by atoms with Crippen molar-refractivity contribution in [2.24, 2.45) is 0 Å². The Labute approximate surface area is 142 Å². The Morgan fingerprint density at radius 2 is 1.96 bits per heavy atom. The number of tetrazole rings is 1. The quantitative estimate of drug-likeness (QED) is 0.504. The summed E-state index contributed by atoms with van der Waals surface area (Å²) in [4.78, 5) is 0.142. The van der Waals surface area contributed by atoms with Crippen molar-refractivity contribution in [1.82, 2.24) is 30.8 Å². The van der Waals surface area contributed by atoms with Crippen LogP contribution in [0.4, 0.5) is 5.82 Å². The number of anilines is 1. The van der Waals surface area contributed by atoms with Crippen LogP contribution in [0.25, 0.3) is 33.4 Å². The van der Waals surface area contributed by atoms with Crippen molar-refractivity contribution < 1.29 is 8.42 Å². The van der Waals surface area contributed by atoms with Crippen LogP contribution in [0.1, 0.15) is 0 Å². The van der Waals surface area contributed by atoms with Crippen LogP contribution < -0.4 is 5.73 Å². The van der Waals surface area contributed by atoms with E-state index in [1.807, 2.05) is 24.3 Å². The van der Waals surface area contributed by atoms with Crippen molar-refractivity contribution in [2.75, 3.05) is 12.0 Å². The number of sulfone groups is 1. The van der Waals surface area contributed by atoms with E-state index in [2.05, 4.69) is 30.8 Å². The molecule has 2 aromatic heterocycles. The van der Waals surface area contributed by atoms with Crippen LogP contribution >= 0.6 is 0 Å². The molecule has 0 saturated heterocycles. The first-order chi connectivity index (χ1) is 11.9. The molecule has 25 heavy (non-hydrogen) atoms. The second-order valence-corrected chi connectivity index (χ2v) is 7.55. The number of benzene rings is 2. The van der Waals surface area contributed by atoms with Crippen molar-refractivity contribution in [3.05, 3.63) is 36.4 Å². The largest absolute Gasteiger partial charge is 0.384 e. The fourth-order valence-electron chi connectivity index (χ4n) is 2.79. The third kappa shape index (κ3) is 2.52. The fourth-order valence-corrected chi connectivity index (χ4v) is 3.69. The minimum Gasteiger partial charge on any atom is -0.384 e. The molecule has 0 aliphatic rings. The molecule has 10 heteroatoms. The van der Waals surface area contributed by atoms with E-state index in [4.69, 9.17) is 5.73 Å². The Morgan fingerprint density at radius 3 is 2.68 bits per heavy atom. The third-order valence-corrected chi connectivity index (χ3v) is 5.04. The summed E-state index contributed by atoms with van der Waals surface area (Å²) in [5.74, 6) is 0.718. The summed E-state index contributed by atoms with van der Waals surface area (Å²) in [7, 11) is -3.49. The van der Waals surface area contributed by atoms with E-state index in [0.717, 1.165) is 22.7 Å². The standard InChI is InChI=1S/C15H13N7O2S/c1-25(23,24)12-4-2-3-9(13(12)15-19-21-22-20-15)8-5-6-11-10(7-8)14(16)18-17-11/h2-7H,1H3,(H3,16,17,18)(H,19,20,21,22). The summed E-state index contributed by atoms with van der Waals surface area (Å²) in [6.45, 7) is 0. The molecule has 2 aromatic carbocycles. The van der Waals surface area contributed by atoms with Gasteiger partial charge in [0.05, 0.1) is 10.4 Å². The second-order valence-electron chi connectivity index (χ2n) is 5.57.